The minimum Gasteiger partial charge on any atom is -0.449 e. The van der Waals surface area contributed by atoms with E-state index in [1.807, 2.05) is 32.0 Å². The lowest BCUT2D eigenvalue weighted by atomic mass is 10.1. The second kappa shape index (κ2) is 7.65. The molecule has 1 amide bonds. The summed E-state index contributed by atoms with van der Waals surface area (Å²) >= 11 is 0. The van der Waals surface area contributed by atoms with E-state index in [1.54, 1.807) is 29.9 Å². The molecule has 0 saturated heterocycles. The number of anilines is 1. The molecule has 0 radical (unpaired) electrons. The molecule has 7 heteroatoms. The van der Waals surface area contributed by atoms with Gasteiger partial charge in [0, 0.05) is 17.0 Å². The summed E-state index contributed by atoms with van der Waals surface area (Å²) in [6.07, 6.45) is 1.52. The zero-order valence-corrected chi connectivity index (χ0v) is 15.9. The summed E-state index contributed by atoms with van der Waals surface area (Å²) in [6.45, 7) is 7.36. The van der Waals surface area contributed by atoms with Crippen LogP contribution in [0.3, 0.4) is 0 Å². The Balaban J connectivity index is 1.70. The van der Waals surface area contributed by atoms with E-state index >= 15 is 0 Å². The van der Waals surface area contributed by atoms with Crippen LogP contribution in [0.25, 0.3) is 11.0 Å². The highest BCUT2D eigenvalue weighted by molar-refractivity contribution is 5.99. The Bertz CT molecular complexity index is 973. The van der Waals surface area contributed by atoms with Gasteiger partial charge in [-0.05, 0) is 33.3 Å². The number of para-hydroxylation sites is 1. The van der Waals surface area contributed by atoms with Crippen molar-refractivity contribution in [2.24, 2.45) is 0 Å². The molecule has 0 unspecified atom stereocenters. The van der Waals surface area contributed by atoms with Crippen LogP contribution >= 0.6 is 0 Å². The summed E-state index contributed by atoms with van der Waals surface area (Å²) in [5.41, 5.74) is 1.30. The van der Waals surface area contributed by atoms with Gasteiger partial charge in [0.1, 0.15) is 11.4 Å². The Kier molecular flexibility index (Phi) is 5.30. The lowest BCUT2D eigenvalue weighted by molar-refractivity contribution is -0.123. The van der Waals surface area contributed by atoms with Crippen LogP contribution in [-0.4, -0.2) is 27.8 Å². The largest absolute Gasteiger partial charge is 0.449 e. The Hall–Kier alpha value is -3.09. The maximum Gasteiger partial charge on any atom is 0.375 e. The molecular formula is C20H23N3O4. The van der Waals surface area contributed by atoms with Gasteiger partial charge in [0.05, 0.1) is 12.2 Å². The first-order chi connectivity index (χ1) is 12.9. The predicted octanol–water partition coefficient (Wildman–Crippen LogP) is 4.09. The van der Waals surface area contributed by atoms with E-state index in [2.05, 4.69) is 10.4 Å². The van der Waals surface area contributed by atoms with Crippen molar-refractivity contribution in [2.45, 2.75) is 46.3 Å². The fourth-order valence-corrected chi connectivity index (χ4v) is 2.80. The molecule has 0 aliphatic carbocycles. The lowest BCUT2D eigenvalue weighted by Crippen LogP contribution is -2.31. The van der Waals surface area contributed by atoms with Gasteiger partial charge in [0.15, 0.2) is 6.10 Å². The fourth-order valence-electron chi connectivity index (χ4n) is 2.80. The van der Waals surface area contributed by atoms with E-state index in [0.29, 0.717) is 17.0 Å². The van der Waals surface area contributed by atoms with Crippen LogP contribution in [0, 0.1) is 6.92 Å². The summed E-state index contributed by atoms with van der Waals surface area (Å²) < 4.78 is 12.6. The Morgan fingerprint density at radius 3 is 2.70 bits per heavy atom. The molecule has 2 aromatic heterocycles. The molecule has 7 nitrogen and oxygen atoms in total. The van der Waals surface area contributed by atoms with Gasteiger partial charge in [-0.15, -0.1) is 0 Å². The number of aromatic nitrogens is 2. The molecule has 3 rings (SSSR count). The van der Waals surface area contributed by atoms with Gasteiger partial charge in [-0.3, -0.25) is 4.79 Å². The average Bonchev–Trinajstić information content (AvgIpc) is 3.26. The van der Waals surface area contributed by atoms with Gasteiger partial charge in [-0.1, -0.05) is 25.1 Å². The number of ether oxygens (including phenoxy) is 1. The van der Waals surface area contributed by atoms with Crippen LogP contribution in [0.2, 0.25) is 0 Å². The Morgan fingerprint density at radius 2 is 2.00 bits per heavy atom. The molecular weight excluding hydrogens is 346 g/mol. The third-order valence-corrected chi connectivity index (χ3v) is 4.61. The van der Waals surface area contributed by atoms with Crippen LogP contribution in [0.5, 0.6) is 0 Å². The van der Waals surface area contributed by atoms with Crippen LogP contribution in [0.4, 0.5) is 5.82 Å². The van der Waals surface area contributed by atoms with Crippen molar-refractivity contribution in [2.75, 3.05) is 5.32 Å². The maximum absolute atomic E-state index is 12.5. The smallest absolute Gasteiger partial charge is 0.375 e. The van der Waals surface area contributed by atoms with Crippen molar-refractivity contribution in [3.05, 3.63) is 47.9 Å². The standard InChI is InChI=1S/C20H23N3O4/c1-5-12(2)23-17(10-11-21-23)22-19(24)14(4)26-20(25)18-13(3)15-8-6-7-9-16(15)27-18/h6-12,14H,5H2,1-4H3,(H,22,24)/t12-,14+/m1/s1. The van der Waals surface area contributed by atoms with Crippen molar-refractivity contribution >= 4 is 28.7 Å². The number of benzene rings is 1. The number of hydrogen-bond acceptors (Lipinski definition) is 5. The summed E-state index contributed by atoms with van der Waals surface area (Å²) in [5.74, 6) is -0.415. The fraction of sp³-hybridized carbons (Fsp3) is 0.350. The third-order valence-electron chi connectivity index (χ3n) is 4.61. The number of carbonyl (C=O) groups excluding carboxylic acids is 2. The summed E-state index contributed by atoms with van der Waals surface area (Å²) in [5, 5.41) is 7.83. The van der Waals surface area contributed by atoms with Crippen molar-refractivity contribution in [3.63, 3.8) is 0 Å². The van der Waals surface area contributed by atoms with Crippen LogP contribution in [0.1, 0.15) is 49.4 Å². The number of rotatable bonds is 6. The molecule has 2 heterocycles. The lowest BCUT2D eigenvalue weighted by Gasteiger charge is -2.16. The van der Waals surface area contributed by atoms with E-state index in [0.717, 1.165) is 11.8 Å². The van der Waals surface area contributed by atoms with Crippen LogP contribution in [0.15, 0.2) is 40.9 Å². The molecule has 142 valence electrons. The van der Waals surface area contributed by atoms with Crippen molar-refractivity contribution in [1.82, 2.24) is 9.78 Å². The average molecular weight is 369 g/mol. The minimum absolute atomic E-state index is 0.112. The second-order valence-electron chi connectivity index (χ2n) is 6.51. The molecule has 3 aromatic rings. The maximum atomic E-state index is 12.5. The minimum atomic E-state index is -0.981. The van der Waals surface area contributed by atoms with Gasteiger partial charge < -0.3 is 14.5 Å². The van der Waals surface area contributed by atoms with Gasteiger partial charge in [-0.2, -0.15) is 5.10 Å². The van der Waals surface area contributed by atoms with Gasteiger partial charge in [-0.25, -0.2) is 9.48 Å². The number of nitrogens with zero attached hydrogens (tertiary/aromatic N) is 2. The van der Waals surface area contributed by atoms with E-state index in [-0.39, 0.29) is 11.8 Å². The van der Waals surface area contributed by atoms with Crippen LogP contribution in [-0.2, 0) is 9.53 Å². The molecule has 0 fully saturated rings. The number of fused-ring (bicyclic) bond motifs is 1. The summed E-state index contributed by atoms with van der Waals surface area (Å²) in [7, 11) is 0. The molecule has 0 aliphatic rings. The van der Waals surface area contributed by atoms with Gasteiger partial charge in [0.2, 0.25) is 5.76 Å². The molecule has 27 heavy (non-hydrogen) atoms. The molecule has 0 aliphatic heterocycles. The zero-order chi connectivity index (χ0) is 19.6. The van der Waals surface area contributed by atoms with Crippen molar-refractivity contribution in [1.29, 1.82) is 0 Å². The highest BCUT2D eigenvalue weighted by Gasteiger charge is 2.25. The van der Waals surface area contributed by atoms with Crippen molar-refractivity contribution < 1.29 is 18.7 Å². The molecule has 2 atom stereocenters. The summed E-state index contributed by atoms with van der Waals surface area (Å²) in [4.78, 5) is 24.9. The van der Waals surface area contributed by atoms with Gasteiger partial charge >= 0.3 is 5.97 Å². The quantitative estimate of drug-likeness (QED) is 0.661. The zero-order valence-electron chi connectivity index (χ0n) is 15.9. The molecule has 0 bridgehead atoms. The Morgan fingerprint density at radius 1 is 1.26 bits per heavy atom. The summed E-state index contributed by atoms with van der Waals surface area (Å²) in [6, 6.07) is 9.21. The first-order valence-corrected chi connectivity index (χ1v) is 8.95. The van der Waals surface area contributed by atoms with Crippen molar-refractivity contribution in [3.8, 4) is 0 Å². The molecule has 1 aromatic carbocycles. The number of hydrogen-bond donors (Lipinski definition) is 1. The molecule has 0 saturated carbocycles. The number of amides is 1. The van der Waals surface area contributed by atoms with E-state index in [1.165, 1.54) is 6.92 Å². The number of furan rings is 1. The van der Waals surface area contributed by atoms with E-state index in [4.69, 9.17) is 9.15 Å². The first kappa shape index (κ1) is 18.7. The number of esters is 1. The Labute approximate surface area is 157 Å². The highest BCUT2D eigenvalue weighted by atomic mass is 16.6. The monoisotopic (exact) mass is 369 g/mol. The first-order valence-electron chi connectivity index (χ1n) is 8.95. The number of carbonyl (C=O) groups is 2. The van der Waals surface area contributed by atoms with Gasteiger partial charge in [0.25, 0.3) is 5.91 Å². The SMILES string of the molecule is CC[C@@H](C)n1nccc1NC(=O)[C@H](C)OC(=O)c1oc2ccccc2c1C. The number of nitrogens with one attached hydrogen (secondary N) is 1. The predicted molar refractivity (Wildman–Crippen MR) is 102 cm³/mol. The topological polar surface area (TPSA) is 86.4 Å². The molecule has 0 spiro atoms. The van der Waals surface area contributed by atoms with E-state index in [9.17, 15) is 9.59 Å². The second-order valence-corrected chi connectivity index (χ2v) is 6.51. The molecule has 1 N–H and O–H groups in total. The van der Waals surface area contributed by atoms with Crippen LogP contribution < -0.4 is 5.32 Å². The van der Waals surface area contributed by atoms with E-state index < -0.39 is 18.0 Å². The normalized spacial score (nSPS) is 13.3. The number of aryl methyl sites for hydroxylation is 1. The third kappa shape index (κ3) is 3.72. The highest BCUT2D eigenvalue weighted by Crippen LogP contribution is 2.26.